The second-order valence-electron chi connectivity index (χ2n) is 5.28. The van der Waals surface area contributed by atoms with Crippen molar-refractivity contribution in [3.05, 3.63) is 47.5 Å². The molecular formula is C15H18N2O. The van der Waals surface area contributed by atoms with Gasteiger partial charge >= 0.3 is 0 Å². The van der Waals surface area contributed by atoms with Gasteiger partial charge < -0.3 is 9.67 Å². The number of benzene rings is 1. The normalized spacial score (nSPS) is 18.6. The van der Waals surface area contributed by atoms with E-state index in [2.05, 4.69) is 17.7 Å². The molecule has 1 aromatic carbocycles. The molecule has 3 nitrogen and oxygen atoms in total. The van der Waals surface area contributed by atoms with E-state index in [0.29, 0.717) is 5.75 Å². The van der Waals surface area contributed by atoms with Gasteiger partial charge in [-0.1, -0.05) is 19.1 Å². The molecule has 0 spiro atoms. The lowest BCUT2D eigenvalue weighted by molar-refractivity contribution is 0.409. The van der Waals surface area contributed by atoms with Crippen LogP contribution >= 0.6 is 0 Å². The van der Waals surface area contributed by atoms with Crippen molar-refractivity contribution in [2.24, 2.45) is 5.92 Å². The predicted molar refractivity (Wildman–Crippen MR) is 70.6 cm³/mol. The molecule has 1 atom stereocenters. The first kappa shape index (κ1) is 11.3. The molecule has 0 fully saturated rings. The lowest BCUT2D eigenvalue weighted by atomic mass is 10.0. The fourth-order valence-corrected chi connectivity index (χ4v) is 2.55. The van der Waals surface area contributed by atoms with E-state index < -0.39 is 0 Å². The van der Waals surface area contributed by atoms with Gasteiger partial charge in [-0.05, 0) is 30.0 Å². The predicted octanol–water partition coefficient (Wildman–Crippen LogP) is 2.76. The summed E-state index contributed by atoms with van der Waals surface area (Å²) < 4.78 is 2.29. The molecule has 1 aromatic heterocycles. The third-order valence-corrected chi connectivity index (χ3v) is 3.62. The molecule has 1 aliphatic heterocycles. The van der Waals surface area contributed by atoms with Gasteiger partial charge in [0.05, 0.1) is 5.69 Å². The summed E-state index contributed by atoms with van der Waals surface area (Å²) in [6.45, 7) is 3.39. The summed E-state index contributed by atoms with van der Waals surface area (Å²) >= 11 is 0. The molecular weight excluding hydrogens is 224 g/mol. The van der Waals surface area contributed by atoms with Crippen molar-refractivity contribution in [1.82, 2.24) is 9.55 Å². The number of imidazole rings is 1. The zero-order chi connectivity index (χ0) is 12.5. The lowest BCUT2D eigenvalue weighted by Crippen LogP contribution is -2.16. The molecule has 3 heteroatoms. The van der Waals surface area contributed by atoms with Crippen molar-refractivity contribution in [3.8, 4) is 5.75 Å². The van der Waals surface area contributed by atoms with E-state index in [-0.39, 0.29) is 0 Å². The van der Waals surface area contributed by atoms with Crippen molar-refractivity contribution in [3.63, 3.8) is 0 Å². The quantitative estimate of drug-likeness (QED) is 0.879. The first-order valence-corrected chi connectivity index (χ1v) is 6.53. The number of phenols is 1. The summed E-state index contributed by atoms with van der Waals surface area (Å²) in [6.07, 6.45) is 5.36. The SMILES string of the molecule is CC1CCn2cc(Cc3ccc(O)cc3)nc2C1. The molecule has 0 aliphatic carbocycles. The van der Waals surface area contributed by atoms with E-state index in [4.69, 9.17) is 4.98 Å². The summed E-state index contributed by atoms with van der Waals surface area (Å²) in [7, 11) is 0. The number of aromatic hydroxyl groups is 1. The Morgan fingerprint density at radius 2 is 2.11 bits per heavy atom. The maximum absolute atomic E-state index is 9.26. The highest BCUT2D eigenvalue weighted by Gasteiger charge is 2.17. The monoisotopic (exact) mass is 242 g/mol. The van der Waals surface area contributed by atoms with Gasteiger partial charge in [-0.15, -0.1) is 0 Å². The Labute approximate surface area is 107 Å². The summed E-state index contributed by atoms with van der Waals surface area (Å²) in [4.78, 5) is 4.72. The average Bonchev–Trinajstić information content (AvgIpc) is 2.73. The molecule has 0 amide bonds. The van der Waals surface area contributed by atoms with Crippen LogP contribution in [0.4, 0.5) is 0 Å². The van der Waals surface area contributed by atoms with E-state index >= 15 is 0 Å². The van der Waals surface area contributed by atoms with Crippen LogP contribution in [0.25, 0.3) is 0 Å². The van der Waals surface area contributed by atoms with Crippen LogP contribution in [0.1, 0.15) is 30.4 Å². The molecule has 0 saturated carbocycles. The summed E-state index contributed by atoms with van der Waals surface area (Å²) in [6, 6.07) is 7.37. The summed E-state index contributed by atoms with van der Waals surface area (Å²) in [5, 5.41) is 9.26. The van der Waals surface area contributed by atoms with Crippen molar-refractivity contribution < 1.29 is 5.11 Å². The maximum Gasteiger partial charge on any atom is 0.115 e. The Morgan fingerprint density at radius 3 is 2.89 bits per heavy atom. The second-order valence-corrected chi connectivity index (χ2v) is 5.28. The van der Waals surface area contributed by atoms with Gasteiger partial charge in [0, 0.05) is 25.6 Å². The van der Waals surface area contributed by atoms with E-state index in [1.807, 2.05) is 12.1 Å². The number of phenolic OH excluding ortho intramolecular Hbond substituents is 1. The zero-order valence-electron chi connectivity index (χ0n) is 10.6. The number of fused-ring (bicyclic) bond motifs is 1. The molecule has 0 bridgehead atoms. The van der Waals surface area contributed by atoms with Gasteiger partial charge in [0.2, 0.25) is 0 Å². The van der Waals surface area contributed by atoms with Gasteiger partial charge in [0.1, 0.15) is 11.6 Å². The molecule has 18 heavy (non-hydrogen) atoms. The van der Waals surface area contributed by atoms with Crippen LogP contribution in [0.3, 0.4) is 0 Å². The Balaban J connectivity index is 1.79. The van der Waals surface area contributed by atoms with Crippen LogP contribution in [0.15, 0.2) is 30.5 Å². The molecule has 0 radical (unpaired) electrons. The number of nitrogens with zero attached hydrogens (tertiary/aromatic N) is 2. The molecule has 0 saturated heterocycles. The molecule has 3 rings (SSSR count). The average molecular weight is 242 g/mol. The molecule has 2 heterocycles. The van der Waals surface area contributed by atoms with Gasteiger partial charge in [0.25, 0.3) is 0 Å². The minimum atomic E-state index is 0.316. The Kier molecular flexibility index (Phi) is 2.82. The Morgan fingerprint density at radius 1 is 1.33 bits per heavy atom. The number of rotatable bonds is 2. The summed E-state index contributed by atoms with van der Waals surface area (Å²) in [5.41, 5.74) is 2.32. The molecule has 1 aliphatic rings. The van der Waals surface area contributed by atoms with Crippen molar-refractivity contribution in [1.29, 1.82) is 0 Å². The number of aromatic nitrogens is 2. The van der Waals surface area contributed by atoms with Gasteiger partial charge in [-0.2, -0.15) is 0 Å². The van der Waals surface area contributed by atoms with Crippen LogP contribution in [0.2, 0.25) is 0 Å². The van der Waals surface area contributed by atoms with Crippen molar-refractivity contribution in [2.75, 3.05) is 0 Å². The van der Waals surface area contributed by atoms with Crippen molar-refractivity contribution in [2.45, 2.75) is 32.7 Å². The highest BCUT2D eigenvalue weighted by Crippen LogP contribution is 2.21. The minimum Gasteiger partial charge on any atom is -0.508 e. The number of hydrogen-bond donors (Lipinski definition) is 1. The van der Waals surface area contributed by atoms with Gasteiger partial charge in [-0.3, -0.25) is 0 Å². The van der Waals surface area contributed by atoms with E-state index in [9.17, 15) is 5.11 Å². The molecule has 2 aromatic rings. The van der Waals surface area contributed by atoms with Crippen LogP contribution in [0, 0.1) is 5.92 Å². The van der Waals surface area contributed by atoms with E-state index in [1.54, 1.807) is 12.1 Å². The van der Waals surface area contributed by atoms with Gasteiger partial charge in [-0.25, -0.2) is 4.98 Å². The summed E-state index contributed by atoms with van der Waals surface area (Å²) in [5.74, 6) is 2.29. The highest BCUT2D eigenvalue weighted by atomic mass is 16.3. The molecule has 1 unspecified atom stereocenters. The fourth-order valence-electron chi connectivity index (χ4n) is 2.55. The fraction of sp³-hybridized carbons (Fsp3) is 0.400. The zero-order valence-corrected chi connectivity index (χ0v) is 10.6. The van der Waals surface area contributed by atoms with Crippen LogP contribution in [-0.2, 0) is 19.4 Å². The third-order valence-electron chi connectivity index (χ3n) is 3.62. The minimum absolute atomic E-state index is 0.316. The number of aryl methyl sites for hydroxylation is 1. The van der Waals surface area contributed by atoms with E-state index in [1.165, 1.54) is 17.8 Å². The third kappa shape index (κ3) is 2.26. The number of hydrogen-bond acceptors (Lipinski definition) is 2. The molecule has 94 valence electrons. The maximum atomic E-state index is 9.26. The first-order valence-electron chi connectivity index (χ1n) is 6.53. The van der Waals surface area contributed by atoms with Crippen molar-refractivity contribution >= 4 is 0 Å². The Hall–Kier alpha value is -1.77. The van der Waals surface area contributed by atoms with E-state index in [0.717, 1.165) is 31.0 Å². The van der Waals surface area contributed by atoms with Crippen LogP contribution in [0.5, 0.6) is 5.75 Å². The topological polar surface area (TPSA) is 38.0 Å². The second kappa shape index (κ2) is 4.48. The first-order chi connectivity index (χ1) is 8.70. The van der Waals surface area contributed by atoms with Gasteiger partial charge in [0.15, 0.2) is 0 Å². The standard InChI is InChI=1S/C15H18N2O/c1-11-6-7-17-10-13(16-15(17)8-11)9-12-2-4-14(18)5-3-12/h2-5,10-11,18H,6-9H2,1H3. The smallest absolute Gasteiger partial charge is 0.115 e. The Bertz CT molecular complexity index is 542. The van der Waals surface area contributed by atoms with Crippen LogP contribution in [-0.4, -0.2) is 14.7 Å². The van der Waals surface area contributed by atoms with Crippen LogP contribution < -0.4 is 0 Å². The largest absolute Gasteiger partial charge is 0.508 e. The molecule has 1 N–H and O–H groups in total. The highest BCUT2D eigenvalue weighted by molar-refractivity contribution is 5.28. The lowest BCUT2D eigenvalue weighted by Gasteiger charge is -2.18.